The van der Waals surface area contributed by atoms with E-state index in [9.17, 15) is 13.6 Å². The summed E-state index contributed by atoms with van der Waals surface area (Å²) in [5.74, 6) is 1.38. The molecule has 2 atom stereocenters. The zero-order chi connectivity index (χ0) is 34.6. The molecule has 4 aromatic rings. The maximum atomic E-state index is 17.0. The van der Waals surface area contributed by atoms with E-state index in [0.717, 1.165) is 19.4 Å². The second kappa shape index (κ2) is 12.8. The summed E-state index contributed by atoms with van der Waals surface area (Å²) >= 11 is 3.33. The molecule has 1 spiro atoms. The molecule has 258 valence electrons. The van der Waals surface area contributed by atoms with Crippen LogP contribution in [-0.4, -0.2) is 106 Å². The van der Waals surface area contributed by atoms with Crippen LogP contribution in [0.15, 0.2) is 48.7 Å². The lowest BCUT2D eigenvalue weighted by Gasteiger charge is -2.55. The molecular weight excluding hydrogens is 713 g/mol. The molecule has 4 aliphatic rings. The summed E-state index contributed by atoms with van der Waals surface area (Å²) < 4.78 is 58.3. The number of alkyl halides is 2. The number of ether oxygens (including phenoxy) is 2. The maximum Gasteiger partial charge on any atom is 0.319 e. The van der Waals surface area contributed by atoms with Crippen molar-refractivity contribution in [2.24, 2.45) is 0 Å². The maximum absolute atomic E-state index is 17.0. The fourth-order valence-corrected chi connectivity index (χ4v) is 8.36. The van der Waals surface area contributed by atoms with Gasteiger partial charge in [0.15, 0.2) is 5.82 Å². The van der Waals surface area contributed by atoms with Crippen LogP contribution in [-0.2, 0) is 9.53 Å². The fraction of sp³-hybridized carbons (Fsp3) is 0.405. The average molecular weight is 748 g/mol. The number of nitrogens with zero attached hydrogens (tertiary/aromatic N) is 6. The van der Waals surface area contributed by atoms with Crippen LogP contribution in [0, 0.1) is 24.0 Å². The van der Waals surface area contributed by atoms with Gasteiger partial charge in [-0.2, -0.15) is 9.97 Å². The first-order chi connectivity index (χ1) is 24.3. The number of aromatic nitrogens is 3. The number of hydrogen-bond donors (Lipinski definition) is 0. The highest BCUT2D eigenvalue weighted by Crippen LogP contribution is 2.42. The van der Waals surface area contributed by atoms with Crippen molar-refractivity contribution < 1.29 is 27.4 Å². The van der Waals surface area contributed by atoms with Gasteiger partial charge in [-0.05, 0) is 36.9 Å². The lowest BCUT2D eigenvalue weighted by Crippen LogP contribution is -2.72. The Hall–Kier alpha value is -4.25. The van der Waals surface area contributed by atoms with Crippen molar-refractivity contribution in [2.75, 3.05) is 62.8 Å². The highest BCUT2D eigenvalue weighted by atomic mass is 79.9. The Bertz CT molecular complexity index is 2090. The molecule has 0 N–H and O–H groups in total. The number of hydrogen-bond acceptors (Lipinski definition) is 8. The summed E-state index contributed by atoms with van der Waals surface area (Å²) in [5, 5.41) is 1.92. The second-order valence-electron chi connectivity index (χ2n) is 13.5. The number of rotatable bonds is 7. The minimum absolute atomic E-state index is 0.0151. The van der Waals surface area contributed by atoms with Crippen LogP contribution >= 0.6 is 15.9 Å². The highest BCUT2D eigenvalue weighted by molar-refractivity contribution is 9.09. The van der Waals surface area contributed by atoms with E-state index in [1.165, 1.54) is 12.3 Å². The Kier molecular flexibility index (Phi) is 8.44. The molecule has 4 aliphatic heterocycles. The number of carbonyl (C=O) groups excluding carboxylic acids is 1. The number of pyridine rings is 1. The first kappa shape index (κ1) is 32.9. The standard InChI is InChI=1S/C37H34BrF3N6O3/c1-2-25-28(40)10-9-23-6-3-7-26(30(23)25)32-31(41)33-27(17-42-32)34(44-35(43-33)50-22-36-11-5-13-46(36)18-24(39)16-36)45-14-15-47(29(48)8-4-12-38)37(19-45)20-49-21-37/h1,3-4,6-10,17,24H,5,11-16,18-22H2/b8-4+/t24-,36+/m1/s1. The Morgan fingerprint density at radius 1 is 1.18 bits per heavy atom. The molecule has 8 rings (SSSR count). The molecule has 0 radical (unpaired) electrons. The molecule has 13 heteroatoms. The third kappa shape index (κ3) is 5.39. The smallest absolute Gasteiger partial charge is 0.319 e. The molecule has 2 aromatic heterocycles. The van der Waals surface area contributed by atoms with E-state index in [0.29, 0.717) is 78.7 Å². The highest BCUT2D eigenvalue weighted by Gasteiger charge is 2.51. The van der Waals surface area contributed by atoms with Crippen molar-refractivity contribution in [3.63, 3.8) is 0 Å². The van der Waals surface area contributed by atoms with Crippen molar-refractivity contribution in [3.8, 4) is 29.6 Å². The third-order valence-corrected chi connectivity index (χ3v) is 11.0. The lowest BCUT2D eigenvalue weighted by atomic mass is 9.91. The number of terminal acetylenes is 1. The largest absolute Gasteiger partial charge is 0.461 e. The Morgan fingerprint density at radius 2 is 2.04 bits per heavy atom. The molecule has 0 unspecified atom stereocenters. The zero-order valence-electron chi connectivity index (χ0n) is 27.2. The van der Waals surface area contributed by atoms with Crippen LogP contribution in [0.2, 0.25) is 0 Å². The Morgan fingerprint density at radius 3 is 2.82 bits per heavy atom. The first-order valence-corrected chi connectivity index (χ1v) is 17.8. The number of allylic oxidation sites excluding steroid dienone is 1. The van der Waals surface area contributed by atoms with Crippen LogP contribution in [0.5, 0.6) is 6.01 Å². The molecule has 9 nitrogen and oxygen atoms in total. The van der Waals surface area contributed by atoms with Crippen molar-refractivity contribution in [2.45, 2.75) is 36.5 Å². The molecule has 50 heavy (non-hydrogen) atoms. The fourth-order valence-electron chi connectivity index (χ4n) is 8.18. The number of piperazine rings is 1. The number of anilines is 1. The van der Waals surface area contributed by atoms with Gasteiger partial charge in [0.25, 0.3) is 0 Å². The van der Waals surface area contributed by atoms with Gasteiger partial charge in [-0.25, -0.2) is 13.2 Å². The lowest BCUT2D eigenvalue weighted by molar-refractivity contribution is -0.164. The van der Waals surface area contributed by atoms with Gasteiger partial charge in [-0.3, -0.25) is 14.7 Å². The number of fused-ring (bicyclic) bond motifs is 3. The number of halogens is 4. The van der Waals surface area contributed by atoms with Gasteiger partial charge in [0.1, 0.15) is 41.2 Å². The molecule has 2 aromatic carbocycles. The van der Waals surface area contributed by atoms with E-state index in [2.05, 4.69) is 36.7 Å². The number of benzene rings is 2. The van der Waals surface area contributed by atoms with Crippen molar-refractivity contribution in [3.05, 3.63) is 65.9 Å². The summed E-state index contributed by atoms with van der Waals surface area (Å²) in [6, 6.07) is 8.01. The predicted octanol–water partition coefficient (Wildman–Crippen LogP) is 5.43. The number of carbonyl (C=O) groups is 1. The van der Waals surface area contributed by atoms with Gasteiger partial charge in [-0.1, -0.05) is 52.2 Å². The van der Waals surface area contributed by atoms with E-state index >= 15 is 4.39 Å². The van der Waals surface area contributed by atoms with E-state index in [4.69, 9.17) is 20.9 Å². The summed E-state index contributed by atoms with van der Waals surface area (Å²) in [6.45, 7) is 3.17. The van der Waals surface area contributed by atoms with E-state index in [1.807, 2.05) is 9.80 Å². The van der Waals surface area contributed by atoms with Crippen LogP contribution in [0.4, 0.5) is 19.0 Å². The molecule has 0 bridgehead atoms. The van der Waals surface area contributed by atoms with E-state index in [1.54, 1.807) is 36.4 Å². The van der Waals surface area contributed by atoms with Crippen molar-refractivity contribution in [1.82, 2.24) is 24.8 Å². The third-order valence-electron chi connectivity index (χ3n) is 10.6. The van der Waals surface area contributed by atoms with Gasteiger partial charge < -0.3 is 19.3 Å². The summed E-state index contributed by atoms with van der Waals surface area (Å²) in [4.78, 5) is 33.1. The Labute approximate surface area is 295 Å². The minimum Gasteiger partial charge on any atom is -0.461 e. The van der Waals surface area contributed by atoms with Gasteiger partial charge in [0, 0.05) is 55.1 Å². The topological polar surface area (TPSA) is 83.9 Å². The second-order valence-corrected chi connectivity index (χ2v) is 14.2. The van der Waals surface area contributed by atoms with Gasteiger partial charge in [-0.15, -0.1) is 6.42 Å². The van der Waals surface area contributed by atoms with Crippen molar-refractivity contribution in [1.29, 1.82) is 0 Å². The Balaban J connectivity index is 1.23. The van der Waals surface area contributed by atoms with Crippen LogP contribution in [0.25, 0.3) is 32.9 Å². The molecular formula is C37H34BrF3N6O3. The number of amides is 1. The zero-order valence-corrected chi connectivity index (χ0v) is 28.8. The molecule has 4 saturated heterocycles. The normalized spacial score (nSPS) is 23.1. The van der Waals surface area contributed by atoms with E-state index in [-0.39, 0.29) is 35.3 Å². The van der Waals surface area contributed by atoms with Gasteiger partial charge >= 0.3 is 6.01 Å². The molecule has 1 amide bonds. The molecule has 0 saturated carbocycles. The van der Waals surface area contributed by atoms with Crippen LogP contribution in [0.3, 0.4) is 0 Å². The van der Waals surface area contributed by atoms with Crippen LogP contribution < -0.4 is 9.64 Å². The molecule has 6 heterocycles. The minimum atomic E-state index is -0.944. The molecule has 4 fully saturated rings. The summed E-state index contributed by atoms with van der Waals surface area (Å²) in [5.41, 5.74) is -0.805. The monoisotopic (exact) mass is 746 g/mol. The van der Waals surface area contributed by atoms with Gasteiger partial charge in [0.05, 0.1) is 29.7 Å². The van der Waals surface area contributed by atoms with Gasteiger partial charge in [0.2, 0.25) is 5.91 Å². The summed E-state index contributed by atoms with van der Waals surface area (Å²) in [7, 11) is 0. The quantitative estimate of drug-likeness (QED) is 0.141. The average Bonchev–Trinajstić information content (AvgIpc) is 3.64. The first-order valence-electron chi connectivity index (χ1n) is 16.7. The SMILES string of the molecule is C#Cc1c(F)ccc2cccc(-c3ncc4c(N5CCN(C(=O)/C=C/CBr)C6(COC6)C5)nc(OC[C@@]56CCCN5C[C@H](F)C6)nc4c3F)c12. The van der Waals surface area contributed by atoms with E-state index < -0.39 is 28.9 Å². The summed E-state index contributed by atoms with van der Waals surface area (Å²) in [6.07, 6.45) is 11.7. The molecule has 0 aliphatic carbocycles. The van der Waals surface area contributed by atoms with Crippen LogP contribution in [0.1, 0.15) is 24.8 Å². The van der Waals surface area contributed by atoms with Crippen molar-refractivity contribution >= 4 is 49.3 Å². The predicted molar refractivity (Wildman–Crippen MR) is 187 cm³/mol.